The molecule has 0 aromatic carbocycles. The van der Waals surface area contributed by atoms with E-state index in [1.807, 2.05) is 0 Å². The van der Waals surface area contributed by atoms with Gasteiger partial charge >= 0.3 is 6.18 Å². The molecule has 0 bridgehead atoms. The van der Waals surface area contributed by atoms with Gasteiger partial charge in [0.2, 0.25) is 0 Å². The maximum Gasteiger partial charge on any atom is 0.456 e. The highest BCUT2D eigenvalue weighted by Crippen LogP contribution is 2.41. The Morgan fingerprint density at radius 1 is 1.42 bits per heavy atom. The minimum atomic E-state index is -5.03. The van der Waals surface area contributed by atoms with Crippen LogP contribution in [0.3, 0.4) is 0 Å². The molecule has 2 atom stereocenters. The van der Waals surface area contributed by atoms with Gasteiger partial charge < -0.3 is 4.55 Å². The number of halogens is 4. The molecule has 9 heteroatoms. The maximum atomic E-state index is 12.7. The third-order valence-corrected chi connectivity index (χ3v) is 5.97. The third kappa shape index (κ3) is 3.71. The Bertz CT molecular complexity index is 676. The van der Waals surface area contributed by atoms with Crippen LogP contribution in [-0.4, -0.2) is 26.2 Å². The number of carbonyl (C=O) groups is 1. The molecule has 0 spiro atoms. The second-order valence-corrected chi connectivity index (χ2v) is 9.29. The highest BCUT2D eigenvalue weighted by molar-refractivity contribution is 7.90. The number of carbonyl (C=O) groups excluding carboxylic acids is 1. The van der Waals surface area contributed by atoms with Crippen molar-refractivity contribution in [2.45, 2.75) is 57.0 Å². The number of pyridine rings is 1. The topological polar surface area (TPSA) is 65.0 Å². The summed E-state index contributed by atoms with van der Waals surface area (Å²) in [5.74, 6) is -2.04. The molecule has 134 valence electrons. The molecule has 1 aliphatic rings. The first kappa shape index (κ1) is 19.5. The Balaban J connectivity index is 2.46. The van der Waals surface area contributed by atoms with Crippen LogP contribution in [0.2, 0.25) is 5.15 Å². The minimum Gasteiger partial charge on any atom is -0.598 e. The summed E-state index contributed by atoms with van der Waals surface area (Å²) in [6.07, 6.45) is -4.05. The Labute approximate surface area is 146 Å². The molecule has 1 heterocycles. The number of ketones is 1. The normalized spacial score (nSPS) is 22.4. The lowest BCUT2D eigenvalue weighted by molar-refractivity contribution is -0.0888. The van der Waals surface area contributed by atoms with Gasteiger partial charge in [0.05, 0.1) is 5.54 Å². The minimum absolute atomic E-state index is 0.118. The molecule has 0 fully saturated rings. The van der Waals surface area contributed by atoms with E-state index in [2.05, 4.69) is 9.71 Å². The van der Waals surface area contributed by atoms with Gasteiger partial charge in [-0.2, -0.15) is 13.2 Å². The Kier molecular flexibility index (Phi) is 5.00. The van der Waals surface area contributed by atoms with Gasteiger partial charge in [0, 0.05) is 11.4 Å². The zero-order chi connectivity index (χ0) is 18.5. The highest BCUT2D eigenvalue weighted by Gasteiger charge is 2.45. The van der Waals surface area contributed by atoms with Crippen LogP contribution in [0, 0.1) is 0 Å². The SMILES string of the molecule is CC1(N[S+]([O-])C(C)(C)C)CCc2c1cc(C(=O)C(F)(F)F)nc2Cl. The van der Waals surface area contributed by atoms with Gasteiger partial charge in [0.15, 0.2) is 0 Å². The van der Waals surface area contributed by atoms with E-state index in [9.17, 15) is 22.5 Å². The first-order valence-corrected chi connectivity index (χ1v) is 8.79. The van der Waals surface area contributed by atoms with Crippen molar-refractivity contribution < 1.29 is 22.5 Å². The van der Waals surface area contributed by atoms with Gasteiger partial charge in [-0.15, -0.1) is 4.72 Å². The van der Waals surface area contributed by atoms with E-state index < -0.39 is 39.3 Å². The molecule has 2 rings (SSSR count). The van der Waals surface area contributed by atoms with Crippen molar-refractivity contribution in [1.82, 2.24) is 9.71 Å². The second kappa shape index (κ2) is 6.16. The largest absolute Gasteiger partial charge is 0.598 e. The number of aromatic nitrogens is 1. The molecule has 0 saturated heterocycles. The quantitative estimate of drug-likeness (QED) is 0.492. The smallest absolute Gasteiger partial charge is 0.456 e. The van der Waals surface area contributed by atoms with Crippen LogP contribution in [0.25, 0.3) is 0 Å². The summed E-state index contributed by atoms with van der Waals surface area (Å²) in [7, 11) is 0. The number of nitrogens with one attached hydrogen (secondary N) is 1. The van der Waals surface area contributed by atoms with E-state index in [-0.39, 0.29) is 5.15 Å². The molecular formula is C15H18ClF3N2O2S. The molecule has 0 saturated carbocycles. The average Bonchev–Trinajstić information content (AvgIpc) is 2.74. The summed E-state index contributed by atoms with van der Waals surface area (Å²) >= 11 is 4.55. The number of nitrogens with zero attached hydrogens (tertiary/aromatic N) is 1. The van der Waals surface area contributed by atoms with Crippen molar-refractivity contribution in [2.75, 3.05) is 0 Å². The van der Waals surface area contributed by atoms with Crippen LogP contribution in [0.4, 0.5) is 13.2 Å². The van der Waals surface area contributed by atoms with E-state index >= 15 is 0 Å². The van der Waals surface area contributed by atoms with Gasteiger partial charge in [-0.05, 0) is 57.7 Å². The van der Waals surface area contributed by atoms with Crippen molar-refractivity contribution in [3.8, 4) is 0 Å². The predicted molar refractivity (Wildman–Crippen MR) is 86.3 cm³/mol. The lowest BCUT2D eigenvalue weighted by Crippen LogP contribution is -2.49. The Morgan fingerprint density at radius 2 is 2.00 bits per heavy atom. The van der Waals surface area contributed by atoms with E-state index in [1.165, 1.54) is 0 Å². The summed E-state index contributed by atoms with van der Waals surface area (Å²) in [5.41, 5.74) is -0.576. The number of hydrogen-bond acceptors (Lipinski definition) is 4. The molecule has 0 amide bonds. The number of fused-ring (bicyclic) bond motifs is 1. The molecule has 2 unspecified atom stereocenters. The third-order valence-electron chi connectivity index (χ3n) is 3.91. The summed E-state index contributed by atoms with van der Waals surface area (Å²) in [6, 6.07) is 1.11. The summed E-state index contributed by atoms with van der Waals surface area (Å²) in [4.78, 5) is 15.1. The lowest BCUT2D eigenvalue weighted by atomic mass is 9.95. The zero-order valence-corrected chi connectivity index (χ0v) is 15.2. The van der Waals surface area contributed by atoms with E-state index in [1.54, 1.807) is 27.7 Å². The van der Waals surface area contributed by atoms with Crippen LogP contribution in [0.1, 0.15) is 55.7 Å². The predicted octanol–water partition coefficient (Wildman–Crippen LogP) is 3.69. The fraction of sp³-hybridized carbons (Fsp3) is 0.600. The van der Waals surface area contributed by atoms with Crippen LogP contribution >= 0.6 is 11.6 Å². The molecular weight excluding hydrogens is 365 g/mol. The number of alkyl halides is 3. The van der Waals surface area contributed by atoms with Crippen LogP contribution in [0.5, 0.6) is 0 Å². The molecule has 1 N–H and O–H groups in total. The Hall–Kier alpha value is -0.830. The van der Waals surface area contributed by atoms with Gasteiger partial charge in [-0.25, -0.2) is 4.98 Å². The monoisotopic (exact) mass is 382 g/mol. The number of rotatable bonds is 3. The van der Waals surface area contributed by atoms with Crippen molar-refractivity contribution >= 4 is 28.7 Å². The van der Waals surface area contributed by atoms with Crippen LogP contribution in [-0.2, 0) is 23.3 Å². The van der Waals surface area contributed by atoms with Gasteiger partial charge in [-0.1, -0.05) is 11.6 Å². The molecule has 0 aliphatic heterocycles. The number of hydrogen-bond donors (Lipinski definition) is 1. The van der Waals surface area contributed by atoms with E-state index in [0.717, 1.165) is 6.07 Å². The first-order valence-electron chi connectivity index (χ1n) is 7.27. The first-order chi connectivity index (χ1) is 10.8. The van der Waals surface area contributed by atoms with Crippen molar-refractivity contribution in [2.24, 2.45) is 0 Å². The fourth-order valence-electron chi connectivity index (χ4n) is 2.51. The highest BCUT2D eigenvalue weighted by atomic mass is 35.5. The standard InChI is InChI=1S/C15H18ClF3N2O2S/c1-13(2,3)24(23)21-14(4)6-5-8-9(14)7-10(20-12(8)16)11(22)15(17,18)19/h7,21H,5-6H2,1-4H3. The number of Topliss-reactive ketones (excluding diaryl/α,β-unsaturated/α-hetero) is 1. The second-order valence-electron chi connectivity index (χ2n) is 6.97. The van der Waals surface area contributed by atoms with Gasteiger partial charge in [0.25, 0.3) is 5.78 Å². The summed E-state index contributed by atoms with van der Waals surface area (Å²) in [5, 5.41) is -0.118. The van der Waals surface area contributed by atoms with Crippen LogP contribution in [0.15, 0.2) is 6.07 Å². The van der Waals surface area contributed by atoms with Crippen molar-refractivity contribution in [3.05, 3.63) is 28.0 Å². The summed E-state index contributed by atoms with van der Waals surface area (Å²) < 4.78 is 52.9. The van der Waals surface area contributed by atoms with Gasteiger partial charge in [0.1, 0.15) is 15.6 Å². The van der Waals surface area contributed by atoms with Crippen molar-refractivity contribution in [3.63, 3.8) is 0 Å². The van der Waals surface area contributed by atoms with Crippen molar-refractivity contribution in [1.29, 1.82) is 0 Å². The molecule has 24 heavy (non-hydrogen) atoms. The molecule has 1 aliphatic carbocycles. The molecule has 4 nitrogen and oxygen atoms in total. The Morgan fingerprint density at radius 3 is 2.50 bits per heavy atom. The summed E-state index contributed by atoms with van der Waals surface area (Å²) in [6.45, 7) is 7.09. The molecule has 0 radical (unpaired) electrons. The fourth-order valence-corrected chi connectivity index (χ4v) is 3.72. The van der Waals surface area contributed by atoms with Crippen LogP contribution < -0.4 is 4.72 Å². The van der Waals surface area contributed by atoms with E-state index in [0.29, 0.717) is 24.0 Å². The van der Waals surface area contributed by atoms with E-state index in [4.69, 9.17) is 11.6 Å². The zero-order valence-electron chi connectivity index (χ0n) is 13.7. The maximum absolute atomic E-state index is 12.7. The molecule has 1 aromatic heterocycles. The average molecular weight is 383 g/mol. The lowest BCUT2D eigenvalue weighted by Gasteiger charge is -2.33. The molecule has 1 aromatic rings. The van der Waals surface area contributed by atoms with Gasteiger partial charge in [-0.3, -0.25) is 4.79 Å².